The van der Waals surface area contributed by atoms with Crippen LogP contribution < -0.4 is 11.1 Å². The third-order valence-electron chi connectivity index (χ3n) is 3.66. The molecule has 0 spiro atoms. The summed E-state index contributed by atoms with van der Waals surface area (Å²) in [6.45, 7) is 0.318. The monoisotopic (exact) mass is 273 g/mol. The van der Waals surface area contributed by atoms with E-state index in [9.17, 15) is 13.2 Å². The summed E-state index contributed by atoms with van der Waals surface area (Å²) in [5, 5.41) is 2.89. The maximum absolute atomic E-state index is 12.9. The predicted octanol–water partition coefficient (Wildman–Crippen LogP) is 3.03. The van der Waals surface area contributed by atoms with Crippen molar-refractivity contribution in [3.8, 4) is 0 Å². The Morgan fingerprint density at radius 2 is 2.05 bits per heavy atom. The lowest BCUT2D eigenvalue weighted by molar-refractivity contribution is -0.137. The van der Waals surface area contributed by atoms with Crippen molar-refractivity contribution in [2.45, 2.75) is 37.9 Å². The number of halogens is 3. The SMILES string of the molecule is NCC(Nc1ncccc1C(F)(F)F)C1CCCC1. The second-order valence-electron chi connectivity index (χ2n) is 4.93. The van der Waals surface area contributed by atoms with E-state index in [1.54, 1.807) is 0 Å². The number of nitrogens with two attached hydrogens (primary N) is 1. The molecule has 1 aromatic rings. The third kappa shape index (κ3) is 3.37. The number of rotatable bonds is 4. The second kappa shape index (κ2) is 5.77. The predicted molar refractivity (Wildman–Crippen MR) is 67.7 cm³/mol. The highest BCUT2D eigenvalue weighted by Gasteiger charge is 2.35. The fourth-order valence-corrected chi connectivity index (χ4v) is 2.65. The minimum Gasteiger partial charge on any atom is -0.365 e. The highest BCUT2D eigenvalue weighted by atomic mass is 19.4. The van der Waals surface area contributed by atoms with Gasteiger partial charge in [0.1, 0.15) is 5.82 Å². The average molecular weight is 273 g/mol. The molecule has 0 aromatic carbocycles. The smallest absolute Gasteiger partial charge is 0.365 e. The summed E-state index contributed by atoms with van der Waals surface area (Å²) in [6, 6.07) is 2.19. The van der Waals surface area contributed by atoms with Gasteiger partial charge in [-0.15, -0.1) is 0 Å². The largest absolute Gasteiger partial charge is 0.419 e. The Morgan fingerprint density at radius 3 is 2.63 bits per heavy atom. The van der Waals surface area contributed by atoms with Crippen LogP contribution in [-0.2, 0) is 6.18 Å². The lowest BCUT2D eigenvalue weighted by Gasteiger charge is -2.25. The van der Waals surface area contributed by atoms with Gasteiger partial charge in [0.05, 0.1) is 5.56 Å². The minimum atomic E-state index is -4.40. The molecule has 6 heteroatoms. The van der Waals surface area contributed by atoms with Crippen molar-refractivity contribution in [2.24, 2.45) is 11.7 Å². The number of nitrogens with one attached hydrogen (secondary N) is 1. The molecule has 3 nitrogen and oxygen atoms in total. The van der Waals surface area contributed by atoms with Gasteiger partial charge >= 0.3 is 6.18 Å². The van der Waals surface area contributed by atoms with Crippen LogP contribution in [0.3, 0.4) is 0 Å². The number of hydrogen-bond donors (Lipinski definition) is 2. The van der Waals surface area contributed by atoms with Crippen LogP contribution in [0.1, 0.15) is 31.2 Å². The van der Waals surface area contributed by atoms with Crippen LogP contribution in [0, 0.1) is 5.92 Å². The summed E-state index contributed by atoms with van der Waals surface area (Å²) in [5.41, 5.74) is 4.96. The van der Waals surface area contributed by atoms with Crippen molar-refractivity contribution in [1.82, 2.24) is 4.98 Å². The van der Waals surface area contributed by atoms with Crippen molar-refractivity contribution in [1.29, 1.82) is 0 Å². The van der Waals surface area contributed by atoms with E-state index < -0.39 is 11.7 Å². The summed E-state index contributed by atoms with van der Waals surface area (Å²) in [7, 11) is 0. The van der Waals surface area contributed by atoms with Crippen molar-refractivity contribution in [2.75, 3.05) is 11.9 Å². The van der Waals surface area contributed by atoms with Crippen LogP contribution in [0.4, 0.5) is 19.0 Å². The minimum absolute atomic E-state index is 0.114. The van der Waals surface area contributed by atoms with Gasteiger partial charge in [-0.3, -0.25) is 0 Å². The van der Waals surface area contributed by atoms with Gasteiger partial charge in [0.2, 0.25) is 0 Å². The fraction of sp³-hybridized carbons (Fsp3) is 0.615. The standard InChI is InChI=1S/C13H18F3N3/c14-13(15,16)10-6-3-7-18-12(10)19-11(8-17)9-4-1-2-5-9/h3,6-7,9,11H,1-2,4-5,8,17H2,(H,18,19). The van der Waals surface area contributed by atoms with Gasteiger partial charge in [-0.25, -0.2) is 4.98 Å². The van der Waals surface area contributed by atoms with Crippen LogP contribution in [0.25, 0.3) is 0 Å². The van der Waals surface area contributed by atoms with Crippen LogP contribution in [0.5, 0.6) is 0 Å². The summed E-state index contributed by atoms with van der Waals surface area (Å²) in [6.07, 6.45) is 1.24. The first-order valence-electron chi connectivity index (χ1n) is 6.51. The van der Waals surface area contributed by atoms with Gasteiger partial charge in [-0.1, -0.05) is 12.8 Å². The number of anilines is 1. The fourth-order valence-electron chi connectivity index (χ4n) is 2.65. The first-order valence-corrected chi connectivity index (χ1v) is 6.51. The van der Waals surface area contributed by atoms with E-state index in [1.807, 2.05) is 0 Å². The molecule has 106 valence electrons. The number of alkyl halides is 3. The van der Waals surface area contributed by atoms with Crippen LogP contribution in [0.15, 0.2) is 18.3 Å². The molecule has 1 atom stereocenters. The average Bonchev–Trinajstić information content (AvgIpc) is 2.89. The molecule has 0 radical (unpaired) electrons. The van der Waals surface area contributed by atoms with Gasteiger partial charge in [0.15, 0.2) is 0 Å². The van der Waals surface area contributed by atoms with E-state index in [0.29, 0.717) is 12.5 Å². The first-order chi connectivity index (χ1) is 9.02. The third-order valence-corrected chi connectivity index (χ3v) is 3.66. The Labute approximate surface area is 110 Å². The highest BCUT2D eigenvalue weighted by Crippen LogP contribution is 2.35. The summed E-state index contributed by atoms with van der Waals surface area (Å²) in [4.78, 5) is 3.82. The first kappa shape index (κ1) is 14.1. The molecule has 1 aromatic heterocycles. The molecule has 1 unspecified atom stereocenters. The molecule has 19 heavy (non-hydrogen) atoms. The molecule has 1 heterocycles. The summed E-state index contributed by atoms with van der Waals surface area (Å²) >= 11 is 0. The molecule has 0 saturated heterocycles. The summed E-state index contributed by atoms with van der Waals surface area (Å²) in [5.74, 6) is 0.227. The molecule has 2 rings (SSSR count). The van der Waals surface area contributed by atoms with E-state index in [4.69, 9.17) is 5.73 Å². The normalized spacial score (nSPS) is 18.5. The number of pyridine rings is 1. The van der Waals surface area contributed by atoms with Crippen molar-refractivity contribution in [3.63, 3.8) is 0 Å². The van der Waals surface area contributed by atoms with Crippen LogP contribution >= 0.6 is 0 Å². The van der Waals surface area contributed by atoms with Gasteiger partial charge in [-0.05, 0) is 30.9 Å². The molecular formula is C13H18F3N3. The molecule has 0 amide bonds. The topological polar surface area (TPSA) is 50.9 Å². The zero-order valence-electron chi connectivity index (χ0n) is 10.6. The van der Waals surface area contributed by atoms with E-state index >= 15 is 0 Å². The van der Waals surface area contributed by atoms with E-state index in [2.05, 4.69) is 10.3 Å². The number of hydrogen-bond acceptors (Lipinski definition) is 3. The zero-order chi connectivity index (χ0) is 13.9. The lowest BCUT2D eigenvalue weighted by Crippen LogP contribution is -2.36. The van der Waals surface area contributed by atoms with E-state index in [-0.39, 0.29) is 11.9 Å². The van der Waals surface area contributed by atoms with Gasteiger partial charge < -0.3 is 11.1 Å². The van der Waals surface area contributed by atoms with Gasteiger partial charge in [0.25, 0.3) is 0 Å². The molecule has 1 aliphatic rings. The molecular weight excluding hydrogens is 255 g/mol. The lowest BCUT2D eigenvalue weighted by atomic mass is 9.98. The Kier molecular flexibility index (Phi) is 4.29. The molecule has 0 bridgehead atoms. The Morgan fingerprint density at radius 1 is 1.37 bits per heavy atom. The van der Waals surface area contributed by atoms with Crippen LogP contribution in [0.2, 0.25) is 0 Å². The molecule has 3 N–H and O–H groups in total. The molecule has 1 fully saturated rings. The molecule has 1 saturated carbocycles. The maximum atomic E-state index is 12.9. The zero-order valence-corrected chi connectivity index (χ0v) is 10.6. The Hall–Kier alpha value is -1.30. The molecule has 0 aliphatic heterocycles. The maximum Gasteiger partial charge on any atom is 0.419 e. The van der Waals surface area contributed by atoms with Crippen molar-refractivity contribution in [3.05, 3.63) is 23.9 Å². The van der Waals surface area contributed by atoms with E-state index in [0.717, 1.165) is 31.7 Å². The van der Waals surface area contributed by atoms with Gasteiger partial charge in [0, 0.05) is 18.8 Å². The Balaban J connectivity index is 2.17. The molecule has 1 aliphatic carbocycles. The summed E-state index contributed by atoms with van der Waals surface area (Å²) < 4.78 is 38.6. The van der Waals surface area contributed by atoms with Gasteiger partial charge in [-0.2, -0.15) is 13.2 Å². The van der Waals surface area contributed by atoms with Crippen LogP contribution in [-0.4, -0.2) is 17.6 Å². The van der Waals surface area contributed by atoms with Crippen molar-refractivity contribution < 1.29 is 13.2 Å². The van der Waals surface area contributed by atoms with Crippen molar-refractivity contribution >= 4 is 5.82 Å². The Bertz CT molecular complexity index is 414. The quantitative estimate of drug-likeness (QED) is 0.886. The second-order valence-corrected chi connectivity index (χ2v) is 4.93. The van der Waals surface area contributed by atoms with E-state index in [1.165, 1.54) is 12.3 Å². The highest BCUT2D eigenvalue weighted by molar-refractivity contribution is 5.46. The number of aromatic nitrogens is 1. The number of nitrogens with zero attached hydrogens (tertiary/aromatic N) is 1.